The minimum atomic E-state index is -5.03. The molecular formula is C43H73O12P. The van der Waals surface area contributed by atoms with Crippen LogP contribution in [0.2, 0.25) is 0 Å². The van der Waals surface area contributed by atoms with Crippen molar-refractivity contribution in [2.75, 3.05) is 19.8 Å². The molecule has 1 aliphatic rings. The predicted molar refractivity (Wildman–Crippen MR) is 221 cm³/mol. The van der Waals surface area contributed by atoms with E-state index in [-0.39, 0.29) is 13.0 Å². The third kappa shape index (κ3) is 25.9. The number of hydrogen-bond donors (Lipinski definition) is 6. The number of esters is 1. The molecule has 0 radical (unpaired) electrons. The molecule has 322 valence electrons. The summed E-state index contributed by atoms with van der Waals surface area (Å²) in [5, 5.41) is 50.0. The molecule has 0 amide bonds. The fourth-order valence-electron chi connectivity index (χ4n) is 5.73. The van der Waals surface area contributed by atoms with Crippen LogP contribution in [0.3, 0.4) is 0 Å². The van der Waals surface area contributed by atoms with E-state index in [0.717, 1.165) is 96.3 Å². The molecular weight excluding hydrogens is 739 g/mol. The summed E-state index contributed by atoms with van der Waals surface area (Å²) >= 11 is 0. The first-order chi connectivity index (χ1) is 27.0. The molecule has 13 heteroatoms. The summed E-state index contributed by atoms with van der Waals surface area (Å²) in [5.41, 5.74) is 0. The van der Waals surface area contributed by atoms with Crippen LogP contribution in [0.5, 0.6) is 0 Å². The van der Waals surface area contributed by atoms with Gasteiger partial charge in [0.1, 0.15) is 42.7 Å². The number of ether oxygens (including phenoxy) is 2. The molecule has 1 aliphatic carbocycles. The van der Waals surface area contributed by atoms with Gasteiger partial charge in [-0.3, -0.25) is 13.8 Å². The minimum Gasteiger partial charge on any atom is -0.457 e. The van der Waals surface area contributed by atoms with Crippen LogP contribution in [0, 0.1) is 0 Å². The van der Waals surface area contributed by atoms with Gasteiger partial charge in [0, 0.05) is 13.0 Å². The van der Waals surface area contributed by atoms with Crippen LogP contribution in [0.1, 0.15) is 129 Å². The maximum Gasteiger partial charge on any atom is 0.472 e. The number of hydrogen-bond acceptors (Lipinski definition) is 11. The van der Waals surface area contributed by atoms with Gasteiger partial charge in [0.25, 0.3) is 0 Å². The van der Waals surface area contributed by atoms with Crippen molar-refractivity contribution < 1.29 is 58.3 Å². The molecule has 0 aliphatic heterocycles. The normalized spacial score (nSPS) is 23.8. The number of rotatable bonds is 33. The quantitative estimate of drug-likeness (QED) is 0.0165. The lowest BCUT2D eigenvalue weighted by molar-refractivity contribution is -0.220. The van der Waals surface area contributed by atoms with Gasteiger partial charge in [0.05, 0.1) is 13.2 Å². The monoisotopic (exact) mass is 812 g/mol. The fourth-order valence-corrected chi connectivity index (χ4v) is 6.71. The Hall–Kier alpha value is -2.22. The van der Waals surface area contributed by atoms with E-state index in [4.69, 9.17) is 18.5 Å². The SMILES string of the molecule is CC/C=C\C/C=C\C/C=C\C/C=C\CCCCC(=O)OC(COCCCCCCCC/C=C\C/C=C\CCC)COP(=O)(O)OC1C(O)C(O)C(O)C(O)C1O. The second-order valence-electron chi connectivity index (χ2n) is 14.1. The smallest absolute Gasteiger partial charge is 0.457 e. The topological polar surface area (TPSA) is 192 Å². The van der Waals surface area contributed by atoms with Gasteiger partial charge in [-0.2, -0.15) is 0 Å². The molecule has 1 fully saturated rings. The third-order valence-electron chi connectivity index (χ3n) is 9.04. The maximum atomic E-state index is 12.8. The first-order valence-electron chi connectivity index (χ1n) is 20.8. The zero-order valence-corrected chi connectivity index (χ0v) is 34.8. The molecule has 0 spiro atoms. The Kier molecular flexibility index (Phi) is 31.2. The molecule has 0 aromatic carbocycles. The number of carbonyl (C=O) groups excluding carboxylic acids is 1. The Morgan fingerprint density at radius 3 is 1.61 bits per heavy atom. The van der Waals surface area contributed by atoms with E-state index in [2.05, 4.69) is 86.8 Å². The van der Waals surface area contributed by atoms with Crippen molar-refractivity contribution >= 4 is 13.8 Å². The van der Waals surface area contributed by atoms with E-state index in [9.17, 15) is 39.8 Å². The zero-order valence-electron chi connectivity index (χ0n) is 33.9. The molecule has 0 bridgehead atoms. The molecule has 12 nitrogen and oxygen atoms in total. The average molecular weight is 813 g/mol. The summed E-state index contributed by atoms with van der Waals surface area (Å²) in [5.74, 6) is -0.526. The molecule has 0 aromatic heterocycles. The van der Waals surface area contributed by atoms with Gasteiger partial charge in [-0.25, -0.2) is 4.57 Å². The minimum absolute atomic E-state index is 0.105. The summed E-state index contributed by atoms with van der Waals surface area (Å²) in [4.78, 5) is 23.1. The van der Waals surface area contributed by atoms with Gasteiger partial charge < -0.3 is 39.9 Å². The summed E-state index contributed by atoms with van der Waals surface area (Å²) in [6.07, 6.45) is 29.8. The lowest BCUT2D eigenvalue weighted by Gasteiger charge is -2.41. The highest BCUT2D eigenvalue weighted by Crippen LogP contribution is 2.47. The van der Waals surface area contributed by atoms with Crippen LogP contribution in [0.25, 0.3) is 0 Å². The van der Waals surface area contributed by atoms with Crippen molar-refractivity contribution in [1.82, 2.24) is 0 Å². The highest BCUT2D eigenvalue weighted by molar-refractivity contribution is 7.47. The first kappa shape index (κ1) is 51.8. The highest BCUT2D eigenvalue weighted by Gasteiger charge is 2.51. The predicted octanol–water partition coefficient (Wildman–Crippen LogP) is 7.63. The number of carbonyl (C=O) groups is 1. The Morgan fingerprint density at radius 2 is 1.05 bits per heavy atom. The van der Waals surface area contributed by atoms with Crippen molar-refractivity contribution in [3.63, 3.8) is 0 Å². The maximum absolute atomic E-state index is 12.8. The standard InChI is InChI=1S/C43H73O12P/c1-3-5-7-9-11-13-15-17-19-20-22-24-26-28-30-32-37(44)54-36(34-52-33-31-29-27-25-23-21-18-16-14-12-10-8-6-4-2)35-53-56(50,51)55-43-41(48)39(46)38(45)40(47)42(43)49/h5,7-8,10-11,13-14,16-17,19,22,24,36,38-43,45-49H,3-4,6,9,12,15,18,20-21,23,25-35H2,1-2H3,(H,50,51)/b7-5-,10-8-,13-11-,16-14-,19-17-,24-22-. The van der Waals surface area contributed by atoms with Crippen molar-refractivity contribution in [2.45, 2.75) is 172 Å². The van der Waals surface area contributed by atoms with E-state index in [1.165, 1.54) is 6.42 Å². The Morgan fingerprint density at radius 1 is 0.589 bits per heavy atom. The largest absolute Gasteiger partial charge is 0.472 e. The number of aliphatic hydroxyl groups excluding tert-OH is 5. The third-order valence-corrected chi connectivity index (χ3v) is 10.0. The number of phosphoric acid groups is 1. The van der Waals surface area contributed by atoms with Crippen LogP contribution in [0.4, 0.5) is 0 Å². The highest BCUT2D eigenvalue weighted by atomic mass is 31.2. The number of unbranched alkanes of at least 4 members (excludes halogenated alkanes) is 9. The van der Waals surface area contributed by atoms with Crippen LogP contribution in [-0.4, -0.2) is 98.9 Å². The molecule has 6 N–H and O–H groups in total. The van der Waals surface area contributed by atoms with Crippen LogP contribution in [0.15, 0.2) is 72.9 Å². The van der Waals surface area contributed by atoms with E-state index < -0.39 is 63.1 Å². The van der Waals surface area contributed by atoms with Crippen LogP contribution in [-0.2, 0) is 27.9 Å². The van der Waals surface area contributed by atoms with Gasteiger partial charge >= 0.3 is 13.8 Å². The van der Waals surface area contributed by atoms with Gasteiger partial charge in [0.15, 0.2) is 0 Å². The fraction of sp³-hybridized carbons (Fsp3) is 0.698. The summed E-state index contributed by atoms with van der Waals surface area (Å²) in [6, 6.07) is 0. The van der Waals surface area contributed by atoms with Gasteiger partial charge in [-0.1, -0.05) is 119 Å². The number of allylic oxidation sites excluding steroid dienone is 12. The van der Waals surface area contributed by atoms with Gasteiger partial charge in [0.2, 0.25) is 0 Å². The molecule has 56 heavy (non-hydrogen) atoms. The Bertz CT molecular complexity index is 1200. The molecule has 6 unspecified atom stereocenters. The molecule has 6 atom stereocenters. The van der Waals surface area contributed by atoms with E-state index in [1.807, 2.05) is 0 Å². The summed E-state index contributed by atoms with van der Waals surface area (Å²) in [6.45, 7) is 3.98. The second kappa shape index (κ2) is 33.7. The number of phosphoric ester groups is 1. The summed E-state index contributed by atoms with van der Waals surface area (Å²) in [7, 11) is -5.03. The van der Waals surface area contributed by atoms with Gasteiger partial charge in [-0.15, -0.1) is 0 Å². The average Bonchev–Trinajstić information content (AvgIpc) is 3.18. The van der Waals surface area contributed by atoms with E-state index >= 15 is 0 Å². The molecule has 0 saturated heterocycles. The van der Waals surface area contributed by atoms with Crippen LogP contribution < -0.4 is 0 Å². The number of aliphatic hydroxyl groups is 5. The van der Waals surface area contributed by atoms with Crippen molar-refractivity contribution in [1.29, 1.82) is 0 Å². The van der Waals surface area contributed by atoms with Crippen LogP contribution >= 0.6 is 7.82 Å². The van der Waals surface area contributed by atoms with Crippen molar-refractivity contribution in [3.8, 4) is 0 Å². The van der Waals surface area contributed by atoms with Crippen molar-refractivity contribution in [3.05, 3.63) is 72.9 Å². The molecule has 0 aromatic rings. The van der Waals surface area contributed by atoms with Crippen molar-refractivity contribution in [2.24, 2.45) is 0 Å². The second-order valence-corrected chi connectivity index (χ2v) is 15.5. The summed E-state index contributed by atoms with van der Waals surface area (Å²) < 4.78 is 34.0. The van der Waals surface area contributed by atoms with E-state index in [1.54, 1.807) is 0 Å². The van der Waals surface area contributed by atoms with Gasteiger partial charge in [-0.05, 0) is 77.0 Å². The lowest BCUT2D eigenvalue weighted by atomic mass is 9.85. The molecule has 1 rings (SSSR count). The lowest BCUT2D eigenvalue weighted by Crippen LogP contribution is -2.64. The first-order valence-corrected chi connectivity index (χ1v) is 22.3. The zero-order chi connectivity index (χ0) is 41.3. The van der Waals surface area contributed by atoms with E-state index in [0.29, 0.717) is 13.0 Å². The molecule has 0 heterocycles. The Labute approximate surface area is 336 Å². The Balaban J connectivity index is 2.50. The molecule has 1 saturated carbocycles.